The van der Waals surface area contributed by atoms with Crippen molar-refractivity contribution in [3.8, 4) is 5.75 Å². The Kier molecular flexibility index (Phi) is 3.82. The predicted octanol–water partition coefficient (Wildman–Crippen LogP) is 3.52. The first-order chi connectivity index (χ1) is 10.5. The molecule has 114 valence electrons. The van der Waals surface area contributed by atoms with Crippen LogP contribution in [-0.2, 0) is 0 Å². The number of carbonyl (C=O) groups excluding carboxylic acids is 1. The minimum absolute atomic E-state index is 0.164. The number of halogens is 3. The zero-order valence-electron chi connectivity index (χ0n) is 11.5. The number of hydrogen-bond donors (Lipinski definition) is 1. The summed E-state index contributed by atoms with van der Waals surface area (Å²) in [6.45, 7) is 0.244. The molecule has 2 heterocycles. The fraction of sp³-hybridized carbons (Fsp3) is 0.200. The summed E-state index contributed by atoms with van der Waals surface area (Å²) < 4.78 is 33.7. The second-order valence-electron chi connectivity index (χ2n) is 4.83. The molecule has 0 saturated heterocycles. The Morgan fingerprint density at radius 1 is 1.45 bits per heavy atom. The first-order valence-electron chi connectivity index (χ1n) is 6.48. The van der Waals surface area contributed by atoms with Crippen molar-refractivity contribution in [2.75, 3.05) is 19.0 Å². The predicted molar refractivity (Wildman–Crippen MR) is 80.4 cm³/mol. The number of rotatable bonds is 3. The van der Waals surface area contributed by atoms with Crippen molar-refractivity contribution >= 4 is 27.5 Å². The van der Waals surface area contributed by atoms with E-state index >= 15 is 0 Å². The lowest BCUT2D eigenvalue weighted by atomic mass is 9.92. The number of pyridine rings is 1. The van der Waals surface area contributed by atoms with Gasteiger partial charge in [-0.3, -0.25) is 4.79 Å². The topological polar surface area (TPSA) is 51.2 Å². The average molecular weight is 369 g/mol. The summed E-state index contributed by atoms with van der Waals surface area (Å²) in [6.07, 6.45) is 1.59. The van der Waals surface area contributed by atoms with Gasteiger partial charge in [-0.05, 0) is 34.1 Å². The fourth-order valence-electron chi connectivity index (χ4n) is 2.50. The third kappa shape index (κ3) is 2.35. The summed E-state index contributed by atoms with van der Waals surface area (Å²) in [6, 6.07) is 3.90. The van der Waals surface area contributed by atoms with Crippen molar-refractivity contribution in [3.63, 3.8) is 0 Å². The van der Waals surface area contributed by atoms with Crippen LogP contribution in [0.4, 0.5) is 14.6 Å². The standard InChI is InChI=1S/C15H11BrF2N2O2/c1-22-11-3-2-10(17)12(13(11)18)14(21)9-6-20-15-8(9)4-7(16)5-19-15/h2-5,9H,6H2,1H3,(H,19,20). The molecule has 1 aliphatic rings. The van der Waals surface area contributed by atoms with E-state index in [2.05, 4.69) is 26.2 Å². The Bertz CT molecular complexity index is 767. The van der Waals surface area contributed by atoms with Crippen LogP contribution in [0.5, 0.6) is 5.75 Å². The SMILES string of the molecule is COc1ccc(F)c(C(=O)C2CNc3ncc(Br)cc32)c1F. The summed E-state index contributed by atoms with van der Waals surface area (Å²) in [5.41, 5.74) is 0.0278. The molecule has 0 aliphatic carbocycles. The van der Waals surface area contributed by atoms with Gasteiger partial charge in [0.15, 0.2) is 17.3 Å². The van der Waals surface area contributed by atoms with Gasteiger partial charge in [-0.1, -0.05) is 0 Å². The first kappa shape index (κ1) is 14.9. The number of benzene rings is 1. The summed E-state index contributed by atoms with van der Waals surface area (Å²) >= 11 is 3.28. The van der Waals surface area contributed by atoms with Crippen LogP contribution in [-0.4, -0.2) is 24.4 Å². The van der Waals surface area contributed by atoms with Gasteiger partial charge in [0, 0.05) is 22.8 Å². The Morgan fingerprint density at radius 3 is 2.95 bits per heavy atom. The monoisotopic (exact) mass is 368 g/mol. The van der Waals surface area contributed by atoms with Crippen LogP contribution in [0.3, 0.4) is 0 Å². The van der Waals surface area contributed by atoms with E-state index in [9.17, 15) is 13.6 Å². The van der Waals surface area contributed by atoms with Gasteiger partial charge in [-0.2, -0.15) is 0 Å². The van der Waals surface area contributed by atoms with Gasteiger partial charge in [0.05, 0.1) is 18.6 Å². The van der Waals surface area contributed by atoms with Gasteiger partial charge in [0.1, 0.15) is 11.6 Å². The molecule has 1 N–H and O–H groups in total. The minimum atomic E-state index is -0.982. The average Bonchev–Trinajstić information content (AvgIpc) is 2.90. The molecule has 3 rings (SSSR count). The summed E-state index contributed by atoms with van der Waals surface area (Å²) in [5, 5.41) is 2.97. The van der Waals surface area contributed by atoms with Crippen LogP contribution in [0.1, 0.15) is 21.8 Å². The van der Waals surface area contributed by atoms with Crippen LogP contribution in [0.2, 0.25) is 0 Å². The number of Topliss-reactive ketones (excluding diaryl/α,β-unsaturated/α-hetero) is 1. The summed E-state index contributed by atoms with van der Waals surface area (Å²) in [7, 11) is 1.26. The first-order valence-corrected chi connectivity index (χ1v) is 7.27. The highest BCUT2D eigenvalue weighted by atomic mass is 79.9. The van der Waals surface area contributed by atoms with Crippen molar-refractivity contribution in [1.29, 1.82) is 0 Å². The van der Waals surface area contributed by atoms with Crippen molar-refractivity contribution in [2.45, 2.75) is 5.92 Å². The van der Waals surface area contributed by atoms with Crippen molar-refractivity contribution < 1.29 is 18.3 Å². The van der Waals surface area contributed by atoms with Gasteiger partial charge >= 0.3 is 0 Å². The van der Waals surface area contributed by atoms with Gasteiger partial charge in [0.25, 0.3) is 0 Å². The molecule has 22 heavy (non-hydrogen) atoms. The quantitative estimate of drug-likeness (QED) is 0.842. The molecule has 2 aromatic rings. The second kappa shape index (κ2) is 5.64. The lowest BCUT2D eigenvalue weighted by Gasteiger charge is -2.12. The maximum atomic E-state index is 14.3. The zero-order valence-corrected chi connectivity index (χ0v) is 13.1. The third-order valence-electron chi connectivity index (χ3n) is 3.57. The molecule has 1 atom stereocenters. The Balaban J connectivity index is 2.06. The number of nitrogens with one attached hydrogen (secondary N) is 1. The maximum Gasteiger partial charge on any atom is 0.178 e. The normalized spacial score (nSPS) is 16.1. The molecular formula is C15H11BrF2N2O2. The van der Waals surface area contributed by atoms with Crippen LogP contribution >= 0.6 is 15.9 Å². The second-order valence-corrected chi connectivity index (χ2v) is 5.74. The van der Waals surface area contributed by atoms with Crippen molar-refractivity contribution in [1.82, 2.24) is 4.98 Å². The molecular weight excluding hydrogens is 358 g/mol. The van der Waals surface area contributed by atoms with E-state index in [1.807, 2.05) is 0 Å². The number of methoxy groups -OCH3 is 1. The zero-order chi connectivity index (χ0) is 15.9. The van der Waals surface area contributed by atoms with Crippen molar-refractivity contribution in [3.05, 3.63) is 51.6 Å². The molecule has 1 aromatic carbocycles. The molecule has 0 spiro atoms. The molecule has 0 saturated carbocycles. The molecule has 7 heteroatoms. The van der Waals surface area contributed by atoms with E-state index in [1.54, 1.807) is 12.3 Å². The lowest BCUT2D eigenvalue weighted by Crippen LogP contribution is -2.18. The number of hydrogen-bond acceptors (Lipinski definition) is 4. The molecule has 0 radical (unpaired) electrons. The highest BCUT2D eigenvalue weighted by Crippen LogP contribution is 2.36. The highest BCUT2D eigenvalue weighted by Gasteiger charge is 2.34. The Morgan fingerprint density at radius 2 is 2.23 bits per heavy atom. The molecule has 0 amide bonds. The van der Waals surface area contributed by atoms with Crippen LogP contribution in [0.15, 0.2) is 28.9 Å². The lowest BCUT2D eigenvalue weighted by molar-refractivity contribution is 0.0957. The van der Waals surface area contributed by atoms with Gasteiger partial charge < -0.3 is 10.1 Å². The van der Waals surface area contributed by atoms with Gasteiger partial charge in [-0.15, -0.1) is 0 Å². The number of ether oxygens (including phenoxy) is 1. The van der Waals surface area contributed by atoms with E-state index in [1.165, 1.54) is 7.11 Å². The van der Waals surface area contributed by atoms with E-state index in [4.69, 9.17) is 4.74 Å². The number of anilines is 1. The minimum Gasteiger partial charge on any atom is -0.494 e. The maximum absolute atomic E-state index is 14.3. The van der Waals surface area contributed by atoms with Crippen LogP contribution in [0.25, 0.3) is 0 Å². The number of fused-ring (bicyclic) bond motifs is 1. The number of carbonyl (C=O) groups is 1. The number of ketones is 1. The van der Waals surface area contributed by atoms with E-state index in [0.717, 1.165) is 12.1 Å². The molecule has 1 unspecified atom stereocenters. The third-order valence-corrected chi connectivity index (χ3v) is 4.01. The highest BCUT2D eigenvalue weighted by molar-refractivity contribution is 9.10. The van der Waals surface area contributed by atoms with Crippen LogP contribution < -0.4 is 10.1 Å². The van der Waals surface area contributed by atoms with Crippen LogP contribution in [0, 0.1) is 11.6 Å². The van der Waals surface area contributed by atoms with Gasteiger partial charge in [-0.25, -0.2) is 13.8 Å². The van der Waals surface area contributed by atoms with Crippen molar-refractivity contribution in [2.24, 2.45) is 0 Å². The summed E-state index contributed by atoms with van der Waals surface area (Å²) in [5.74, 6) is -2.84. The Labute approximate surface area is 133 Å². The largest absolute Gasteiger partial charge is 0.494 e. The number of nitrogens with zero attached hydrogens (tertiary/aromatic N) is 1. The molecule has 0 fully saturated rings. The smallest absolute Gasteiger partial charge is 0.178 e. The molecule has 1 aliphatic heterocycles. The van der Waals surface area contributed by atoms with E-state index in [0.29, 0.717) is 15.9 Å². The molecule has 1 aromatic heterocycles. The fourth-order valence-corrected chi connectivity index (χ4v) is 2.85. The summed E-state index contributed by atoms with van der Waals surface area (Å²) in [4.78, 5) is 16.8. The van der Waals surface area contributed by atoms with E-state index < -0.39 is 28.9 Å². The molecule has 0 bridgehead atoms. The Hall–Kier alpha value is -2.02. The number of aromatic nitrogens is 1. The molecule has 4 nitrogen and oxygen atoms in total. The van der Waals surface area contributed by atoms with Gasteiger partial charge in [0.2, 0.25) is 0 Å². The van der Waals surface area contributed by atoms with E-state index in [-0.39, 0.29) is 12.3 Å².